The van der Waals surface area contributed by atoms with Crippen LogP contribution < -0.4 is 15.8 Å². The van der Waals surface area contributed by atoms with Crippen LogP contribution in [0.4, 0.5) is 0 Å². The number of hydrogen-bond donors (Lipinski definition) is 2. The summed E-state index contributed by atoms with van der Waals surface area (Å²) in [6.45, 7) is 9.84. The van der Waals surface area contributed by atoms with E-state index in [9.17, 15) is 4.79 Å². The second kappa shape index (κ2) is 8.47. The van der Waals surface area contributed by atoms with E-state index in [0.29, 0.717) is 6.54 Å². The van der Waals surface area contributed by atoms with Gasteiger partial charge < -0.3 is 15.8 Å². The quantitative estimate of drug-likeness (QED) is 0.722. The Kier molecular flexibility index (Phi) is 6.96. The van der Waals surface area contributed by atoms with E-state index in [1.165, 1.54) is 0 Å². The molecule has 1 aromatic rings. The van der Waals surface area contributed by atoms with Gasteiger partial charge in [-0.25, -0.2) is 0 Å². The molecule has 0 aromatic heterocycles. The molecule has 0 radical (unpaired) electrons. The Hall–Kier alpha value is -1.81. The molecule has 0 fully saturated rings. The summed E-state index contributed by atoms with van der Waals surface area (Å²) in [7, 11) is 0. The van der Waals surface area contributed by atoms with Crippen LogP contribution in [-0.2, 0) is 11.2 Å². The summed E-state index contributed by atoms with van der Waals surface area (Å²) in [6.07, 6.45) is 2.74. The zero-order valence-corrected chi connectivity index (χ0v) is 13.2. The number of hydrogen-bond acceptors (Lipinski definition) is 3. The van der Waals surface area contributed by atoms with Gasteiger partial charge in [0.2, 0.25) is 0 Å². The Labute approximate surface area is 127 Å². The Morgan fingerprint density at radius 3 is 2.86 bits per heavy atom. The minimum atomic E-state index is -0.552. The normalized spacial score (nSPS) is 13.3. The summed E-state index contributed by atoms with van der Waals surface area (Å²) in [4.78, 5) is 11.9. The van der Waals surface area contributed by atoms with E-state index < -0.39 is 6.10 Å². The van der Waals surface area contributed by atoms with Crippen LogP contribution in [0.2, 0.25) is 0 Å². The molecule has 1 rings (SSSR count). The number of rotatable bonds is 8. The van der Waals surface area contributed by atoms with Gasteiger partial charge in [0.25, 0.3) is 5.91 Å². The molecule has 1 amide bonds. The van der Waals surface area contributed by atoms with Crippen LogP contribution in [-0.4, -0.2) is 24.6 Å². The second-order valence-corrected chi connectivity index (χ2v) is 5.28. The van der Waals surface area contributed by atoms with Crippen molar-refractivity contribution in [1.82, 2.24) is 5.32 Å². The lowest BCUT2D eigenvalue weighted by Gasteiger charge is -2.19. The molecule has 1 aromatic carbocycles. The number of amides is 1. The third-order valence-electron chi connectivity index (χ3n) is 3.32. The molecule has 116 valence electrons. The molecule has 2 atom stereocenters. The first-order chi connectivity index (χ1) is 9.97. The van der Waals surface area contributed by atoms with Crippen LogP contribution in [0.25, 0.3) is 0 Å². The third-order valence-corrected chi connectivity index (χ3v) is 3.32. The zero-order chi connectivity index (χ0) is 15.8. The molecular weight excluding hydrogens is 264 g/mol. The maximum Gasteiger partial charge on any atom is 0.261 e. The summed E-state index contributed by atoms with van der Waals surface area (Å²) >= 11 is 0. The highest BCUT2D eigenvalue weighted by Crippen LogP contribution is 2.23. The van der Waals surface area contributed by atoms with Gasteiger partial charge in [-0.2, -0.15) is 0 Å². The molecule has 4 nitrogen and oxygen atoms in total. The van der Waals surface area contributed by atoms with Crippen molar-refractivity contribution in [2.75, 3.05) is 6.54 Å². The molecule has 0 spiro atoms. The summed E-state index contributed by atoms with van der Waals surface area (Å²) in [5.74, 6) is 0.576. The topological polar surface area (TPSA) is 64.3 Å². The van der Waals surface area contributed by atoms with E-state index >= 15 is 0 Å². The van der Waals surface area contributed by atoms with Gasteiger partial charge in [-0.3, -0.25) is 4.79 Å². The molecule has 0 saturated carbocycles. The molecule has 0 aliphatic carbocycles. The van der Waals surface area contributed by atoms with Gasteiger partial charge in [0, 0.05) is 12.6 Å². The lowest BCUT2D eigenvalue weighted by atomic mass is 10.0. The van der Waals surface area contributed by atoms with Crippen LogP contribution in [0.1, 0.15) is 31.4 Å². The number of benzene rings is 1. The Morgan fingerprint density at radius 1 is 1.52 bits per heavy atom. The number of carbonyl (C=O) groups excluding carboxylic acids is 1. The van der Waals surface area contributed by atoms with Gasteiger partial charge in [0.15, 0.2) is 6.10 Å². The minimum absolute atomic E-state index is 0.0963. The smallest absolute Gasteiger partial charge is 0.261 e. The van der Waals surface area contributed by atoms with E-state index in [4.69, 9.17) is 10.5 Å². The molecule has 3 N–H and O–H groups in total. The van der Waals surface area contributed by atoms with E-state index in [0.717, 1.165) is 29.7 Å². The lowest BCUT2D eigenvalue weighted by molar-refractivity contribution is -0.127. The highest BCUT2D eigenvalue weighted by atomic mass is 16.5. The highest BCUT2D eigenvalue weighted by Gasteiger charge is 2.16. The van der Waals surface area contributed by atoms with Crippen molar-refractivity contribution in [3.8, 4) is 5.75 Å². The van der Waals surface area contributed by atoms with Gasteiger partial charge in [-0.15, -0.1) is 6.58 Å². The molecule has 0 bridgehead atoms. The van der Waals surface area contributed by atoms with Gasteiger partial charge in [-0.1, -0.05) is 30.7 Å². The predicted molar refractivity (Wildman–Crippen MR) is 86.4 cm³/mol. The number of nitrogens with two attached hydrogens (primary N) is 1. The number of ether oxygens (including phenoxy) is 1. The average Bonchev–Trinajstić information content (AvgIpc) is 2.47. The van der Waals surface area contributed by atoms with E-state index in [1.807, 2.05) is 19.1 Å². The average molecular weight is 290 g/mol. The molecule has 0 aliphatic rings. The standard InChI is InChI=1S/C17H26N2O2/c1-5-9-19-17(20)13(4)21-16-8-7-12(3)10-14(16)11-15(18)6-2/h5,7-8,10,13,15H,1,6,9,11,18H2,2-4H3,(H,19,20). The van der Waals surface area contributed by atoms with Gasteiger partial charge in [0.05, 0.1) is 0 Å². The van der Waals surface area contributed by atoms with Crippen molar-refractivity contribution in [2.24, 2.45) is 5.73 Å². The van der Waals surface area contributed by atoms with Crippen molar-refractivity contribution in [2.45, 2.75) is 45.8 Å². The van der Waals surface area contributed by atoms with Crippen molar-refractivity contribution in [3.05, 3.63) is 42.0 Å². The summed E-state index contributed by atoms with van der Waals surface area (Å²) in [6, 6.07) is 6.05. The minimum Gasteiger partial charge on any atom is -0.481 e. The third kappa shape index (κ3) is 5.60. The molecule has 2 unspecified atom stereocenters. The fraction of sp³-hybridized carbons (Fsp3) is 0.471. The maximum atomic E-state index is 11.9. The van der Waals surface area contributed by atoms with Crippen LogP contribution in [0.3, 0.4) is 0 Å². The summed E-state index contributed by atoms with van der Waals surface area (Å²) < 4.78 is 5.80. The second-order valence-electron chi connectivity index (χ2n) is 5.28. The van der Waals surface area contributed by atoms with Crippen LogP contribution in [0, 0.1) is 6.92 Å². The fourth-order valence-electron chi connectivity index (χ4n) is 1.97. The van der Waals surface area contributed by atoms with Gasteiger partial charge >= 0.3 is 0 Å². The highest BCUT2D eigenvalue weighted by molar-refractivity contribution is 5.80. The largest absolute Gasteiger partial charge is 0.481 e. The molecule has 21 heavy (non-hydrogen) atoms. The van der Waals surface area contributed by atoms with E-state index in [-0.39, 0.29) is 11.9 Å². The zero-order valence-electron chi connectivity index (χ0n) is 13.2. The Morgan fingerprint density at radius 2 is 2.24 bits per heavy atom. The van der Waals surface area contributed by atoms with Gasteiger partial charge in [-0.05, 0) is 38.3 Å². The molecule has 0 saturated heterocycles. The number of nitrogens with one attached hydrogen (secondary N) is 1. The first-order valence-corrected chi connectivity index (χ1v) is 7.38. The fourth-order valence-corrected chi connectivity index (χ4v) is 1.97. The number of carbonyl (C=O) groups is 1. The Bertz CT molecular complexity index is 486. The van der Waals surface area contributed by atoms with Crippen LogP contribution in [0.15, 0.2) is 30.9 Å². The first-order valence-electron chi connectivity index (χ1n) is 7.38. The van der Waals surface area contributed by atoms with Gasteiger partial charge in [0.1, 0.15) is 5.75 Å². The van der Waals surface area contributed by atoms with E-state index in [1.54, 1.807) is 13.0 Å². The maximum absolute atomic E-state index is 11.9. The SMILES string of the molecule is C=CCNC(=O)C(C)Oc1ccc(C)cc1CC(N)CC. The summed E-state index contributed by atoms with van der Waals surface area (Å²) in [5.41, 5.74) is 8.24. The molecular formula is C17H26N2O2. The van der Waals surface area contributed by atoms with Crippen LogP contribution >= 0.6 is 0 Å². The Balaban J connectivity index is 2.81. The molecule has 4 heteroatoms. The summed E-state index contributed by atoms with van der Waals surface area (Å²) in [5, 5.41) is 2.73. The first kappa shape index (κ1) is 17.2. The monoisotopic (exact) mass is 290 g/mol. The predicted octanol–water partition coefficient (Wildman–Crippen LogP) is 2.34. The van der Waals surface area contributed by atoms with E-state index in [2.05, 4.69) is 24.9 Å². The van der Waals surface area contributed by atoms with Crippen molar-refractivity contribution >= 4 is 5.91 Å². The molecule has 0 aliphatic heterocycles. The lowest BCUT2D eigenvalue weighted by Crippen LogP contribution is -2.36. The molecule has 0 heterocycles. The van der Waals surface area contributed by atoms with Crippen molar-refractivity contribution in [3.63, 3.8) is 0 Å². The van der Waals surface area contributed by atoms with Crippen molar-refractivity contribution < 1.29 is 9.53 Å². The van der Waals surface area contributed by atoms with Crippen molar-refractivity contribution in [1.29, 1.82) is 0 Å². The van der Waals surface area contributed by atoms with Crippen LogP contribution in [0.5, 0.6) is 5.75 Å². The number of aryl methyl sites for hydroxylation is 1.